The van der Waals surface area contributed by atoms with E-state index in [2.05, 4.69) is 6.58 Å². The molecule has 0 saturated heterocycles. The summed E-state index contributed by atoms with van der Waals surface area (Å²) in [6, 6.07) is 10.0. The zero-order valence-electron chi connectivity index (χ0n) is 19.6. The maximum absolute atomic E-state index is 11.9. The molecular formula is C28H38O5. The van der Waals surface area contributed by atoms with Crippen LogP contribution in [0.1, 0.15) is 75.7 Å². The van der Waals surface area contributed by atoms with Crippen LogP contribution in [0.5, 0.6) is 0 Å². The van der Waals surface area contributed by atoms with Gasteiger partial charge in [0.05, 0.1) is 6.61 Å². The highest BCUT2D eigenvalue weighted by Crippen LogP contribution is 2.29. The molecule has 1 aliphatic carbocycles. The Morgan fingerprint density at radius 1 is 0.848 bits per heavy atom. The molecule has 1 aromatic carbocycles. The van der Waals surface area contributed by atoms with E-state index in [1.807, 2.05) is 42.5 Å². The highest BCUT2D eigenvalue weighted by Gasteiger charge is 2.36. The van der Waals surface area contributed by atoms with Gasteiger partial charge in [0.2, 0.25) is 5.60 Å². The summed E-state index contributed by atoms with van der Waals surface area (Å²) in [5.41, 5.74) is -0.215. The van der Waals surface area contributed by atoms with Crippen LogP contribution < -0.4 is 0 Å². The van der Waals surface area contributed by atoms with Crippen molar-refractivity contribution in [2.24, 2.45) is 0 Å². The van der Waals surface area contributed by atoms with E-state index < -0.39 is 11.6 Å². The lowest BCUT2D eigenvalue weighted by Crippen LogP contribution is -2.39. The predicted octanol–water partition coefficient (Wildman–Crippen LogP) is 6.37. The van der Waals surface area contributed by atoms with E-state index in [9.17, 15) is 14.7 Å². The van der Waals surface area contributed by atoms with Crippen LogP contribution >= 0.6 is 0 Å². The van der Waals surface area contributed by atoms with E-state index in [1.54, 1.807) is 12.2 Å². The Kier molecular flexibility index (Phi) is 12.3. The number of allylic oxidation sites excluding steroid dienone is 2. The maximum atomic E-state index is 11.9. The molecule has 1 aliphatic rings. The van der Waals surface area contributed by atoms with Crippen LogP contribution in [0.2, 0.25) is 0 Å². The van der Waals surface area contributed by atoms with Gasteiger partial charge in [-0.15, -0.1) is 0 Å². The summed E-state index contributed by atoms with van der Waals surface area (Å²) in [7, 11) is 0. The van der Waals surface area contributed by atoms with Crippen molar-refractivity contribution in [1.82, 2.24) is 0 Å². The number of carbonyl (C=O) groups excluding carboxylic acids is 1. The molecule has 0 bridgehead atoms. The number of benzene rings is 1. The van der Waals surface area contributed by atoms with Gasteiger partial charge in [0.1, 0.15) is 0 Å². The van der Waals surface area contributed by atoms with Gasteiger partial charge in [-0.25, -0.2) is 9.59 Å². The van der Waals surface area contributed by atoms with Crippen molar-refractivity contribution in [2.45, 2.75) is 75.7 Å². The van der Waals surface area contributed by atoms with E-state index in [4.69, 9.17) is 9.47 Å². The third kappa shape index (κ3) is 9.79. The van der Waals surface area contributed by atoms with Gasteiger partial charge in [0.15, 0.2) is 0 Å². The molecule has 1 N–H and O–H groups in total. The fourth-order valence-corrected chi connectivity index (χ4v) is 3.90. The van der Waals surface area contributed by atoms with Gasteiger partial charge in [0, 0.05) is 18.6 Å². The summed E-state index contributed by atoms with van der Waals surface area (Å²) in [6.45, 7) is 4.29. The van der Waals surface area contributed by atoms with Crippen LogP contribution in [0, 0.1) is 0 Å². The SMILES string of the molecule is C=CC(=O)OCCCCCCCCCCCCOC1(C(=O)O)C=CC(c2ccccc2)C=C1. The van der Waals surface area contributed by atoms with Gasteiger partial charge < -0.3 is 14.6 Å². The van der Waals surface area contributed by atoms with E-state index in [0.29, 0.717) is 13.2 Å². The van der Waals surface area contributed by atoms with Gasteiger partial charge in [0.25, 0.3) is 0 Å². The van der Waals surface area contributed by atoms with Crippen LogP contribution in [-0.4, -0.2) is 35.9 Å². The molecule has 0 atom stereocenters. The van der Waals surface area contributed by atoms with Crippen LogP contribution in [0.15, 0.2) is 67.3 Å². The Morgan fingerprint density at radius 2 is 1.36 bits per heavy atom. The number of ether oxygens (including phenoxy) is 2. The Morgan fingerprint density at radius 3 is 1.88 bits per heavy atom. The lowest BCUT2D eigenvalue weighted by molar-refractivity contribution is -0.154. The number of carbonyl (C=O) groups is 2. The largest absolute Gasteiger partial charge is 0.479 e. The van der Waals surface area contributed by atoms with E-state index >= 15 is 0 Å². The maximum Gasteiger partial charge on any atom is 0.344 e. The van der Waals surface area contributed by atoms with Crippen LogP contribution in [0.3, 0.4) is 0 Å². The number of aliphatic carboxylic acids is 1. The summed E-state index contributed by atoms with van der Waals surface area (Å²) in [6.07, 6.45) is 19.4. The average molecular weight is 455 g/mol. The number of hydrogen-bond donors (Lipinski definition) is 1. The quantitative estimate of drug-likeness (QED) is 0.128. The molecule has 2 rings (SSSR count). The van der Waals surface area contributed by atoms with Crippen molar-refractivity contribution >= 4 is 11.9 Å². The smallest absolute Gasteiger partial charge is 0.344 e. The van der Waals surface area contributed by atoms with Crippen molar-refractivity contribution in [1.29, 1.82) is 0 Å². The molecular weight excluding hydrogens is 416 g/mol. The van der Waals surface area contributed by atoms with Crippen molar-refractivity contribution in [3.8, 4) is 0 Å². The van der Waals surface area contributed by atoms with Crippen molar-refractivity contribution in [2.75, 3.05) is 13.2 Å². The molecule has 0 fully saturated rings. The predicted molar refractivity (Wildman–Crippen MR) is 131 cm³/mol. The first-order valence-corrected chi connectivity index (χ1v) is 12.2. The topological polar surface area (TPSA) is 72.8 Å². The second kappa shape index (κ2) is 15.2. The first-order valence-electron chi connectivity index (χ1n) is 12.2. The monoisotopic (exact) mass is 454 g/mol. The lowest BCUT2D eigenvalue weighted by Gasteiger charge is -2.27. The second-order valence-electron chi connectivity index (χ2n) is 8.51. The normalized spacial score (nSPS) is 19.3. The van der Waals surface area contributed by atoms with Crippen LogP contribution in [0.25, 0.3) is 0 Å². The fourth-order valence-electron chi connectivity index (χ4n) is 3.90. The number of unbranched alkanes of at least 4 members (excludes halogenated alkanes) is 9. The van der Waals surface area contributed by atoms with Gasteiger partial charge in [-0.2, -0.15) is 0 Å². The number of carboxylic acids is 1. The van der Waals surface area contributed by atoms with Gasteiger partial charge in [-0.1, -0.05) is 100 Å². The van der Waals surface area contributed by atoms with Crippen molar-refractivity contribution in [3.63, 3.8) is 0 Å². The Bertz CT molecular complexity index is 767. The van der Waals surface area contributed by atoms with Crippen LogP contribution in [0.4, 0.5) is 0 Å². The molecule has 180 valence electrons. The fraction of sp³-hybridized carbons (Fsp3) is 0.500. The zero-order chi connectivity index (χ0) is 23.8. The number of carboxylic acid groups (broad SMARTS) is 1. The highest BCUT2D eigenvalue weighted by molar-refractivity contribution is 5.83. The van der Waals surface area contributed by atoms with Crippen LogP contribution in [-0.2, 0) is 19.1 Å². The molecule has 0 aromatic heterocycles. The van der Waals surface area contributed by atoms with Crippen molar-refractivity contribution in [3.05, 3.63) is 72.9 Å². The summed E-state index contributed by atoms with van der Waals surface area (Å²) in [4.78, 5) is 22.8. The molecule has 0 amide bonds. The molecule has 0 heterocycles. The molecule has 1 aromatic rings. The second-order valence-corrected chi connectivity index (χ2v) is 8.51. The minimum absolute atomic E-state index is 0.0806. The van der Waals surface area contributed by atoms with E-state index in [1.165, 1.54) is 38.2 Å². The molecule has 0 aliphatic heterocycles. The molecule has 5 nitrogen and oxygen atoms in total. The number of esters is 1. The average Bonchev–Trinajstić information content (AvgIpc) is 2.84. The third-order valence-electron chi connectivity index (χ3n) is 5.91. The molecule has 0 radical (unpaired) electrons. The Hall–Kier alpha value is -2.66. The summed E-state index contributed by atoms with van der Waals surface area (Å²) in [5.74, 6) is -1.24. The number of rotatable bonds is 17. The van der Waals surface area contributed by atoms with Gasteiger partial charge in [-0.05, 0) is 30.6 Å². The third-order valence-corrected chi connectivity index (χ3v) is 5.91. The zero-order valence-corrected chi connectivity index (χ0v) is 19.6. The minimum atomic E-state index is -1.35. The molecule has 33 heavy (non-hydrogen) atoms. The lowest BCUT2D eigenvalue weighted by atomic mass is 9.88. The highest BCUT2D eigenvalue weighted by atomic mass is 16.5. The molecule has 0 saturated carbocycles. The first-order chi connectivity index (χ1) is 16.1. The Balaban J connectivity index is 1.51. The summed E-state index contributed by atoms with van der Waals surface area (Å²) in [5, 5.41) is 9.72. The van der Waals surface area contributed by atoms with Crippen molar-refractivity contribution < 1.29 is 24.2 Å². The summed E-state index contributed by atoms with van der Waals surface area (Å²) >= 11 is 0. The van der Waals surface area contributed by atoms with Gasteiger partial charge >= 0.3 is 11.9 Å². The first kappa shape index (κ1) is 26.6. The Labute approximate surface area is 198 Å². The van der Waals surface area contributed by atoms with E-state index in [0.717, 1.165) is 37.7 Å². The molecule has 0 unspecified atom stereocenters. The summed E-state index contributed by atoms with van der Waals surface area (Å²) < 4.78 is 10.8. The molecule has 0 spiro atoms. The minimum Gasteiger partial charge on any atom is -0.479 e. The standard InChI is InChI=1S/C28H38O5/c1-2-26(29)32-22-14-9-7-5-3-4-6-8-10-15-23-33-28(27(30)31)20-18-25(19-21-28)24-16-12-11-13-17-24/h2,11-13,16-21,25H,1,3-10,14-15,22-23H2,(H,30,31). The number of hydrogen-bond acceptors (Lipinski definition) is 4. The van der Waals surface area contributed by atoms with Gasteiger partial charge in [-0.3, -0.25) is 0 Å². The van der Waals surface area contributed by atoms with E-state index in [-0.39, 0.29) is 11.9 Å². The molecule has 5 heteroatoms.